The average molecular weight is 297 g/mol. The Hall–Kier alpha value is -2.50. The molecule has 0 radical (unpaired) electrons. The number of rotatable bonds is 4. The summed E-state index contributed by atoms with van der Waals surface area (Å²) in [5.41, 5.74) is 1.58. The van der Waals surface area contributed by atoms with E-state index in [4.69, 9.17) is 0 Å². The second-order valence-electron chi connectivity index (χ2n) is 5.68. The number of hydrogen-bond acceptors (Lipinski definition) is 4. The zero-order valence-corrected chi connectivity index (χ0v) is 12.3. The zero-order valence-electron chi connectivity index (χ0n) is 12.3. The standard InChI is InChI=1S/C16H16FN5/c1-11-8-15(22-16(20-11)18-10-19-22)21(13-6-7-13)9-12-4-2-3-5-14(12)17/h2-5,8,10,13H,6-7,9H2,1H3. The highest BCUT2D eigenvalue weighted by molar-refractivity contribution is 5.49. The van der Waals surface area contributed by atoms with Crippen molar-refractivity contribution < 1.29 is 4.39 Å². The van der Waals surface area contributed by atoms with E-state index in [0.717, 1.165) is 24.4 Å². The van der Waals surface area contributed by atoms with Crippen molar-refractivity contribution in [3.63, 3.8) is 0 Å². The van der Waals surface area contributed by atoms with Gasteiger partial charge in [-0.25, -0.2) is 9.37 Å². The fraction of sp³-hybridized carbons (Fsp3) is 0.312. The number of fused-ring (bicyclic) bond motifs is 1. The molecular weight excluding hydrogens is 281 g/mol. The minimum absolute atomic E-state index is 0.172. The van der Waals surface area contributed by atoms with Gasteiger partial charge in [-0.05, 0) is 25.8 Å². The van der Waals surface area contributed by atoms with Gasteiger partial charge in [0.25, 0.3) is 5.78 Å². The van der Waals surface area contributed by atoms with Crippen LogP contribution in [0.3, 0.4) is 0 Å². The first-order valence-corrected chi connectivity index (χ1v) is 7.40. The lowest BCUT2D eigenvalue weighted by atomic mass is 10.2. The summed E-state index contributed by atoms with van der Waals surface area (Å²) in [5, 5.41) is 4.26. The van der Waals surface area contributed by atoms with E-state index >= 15 is 0 Å². The van der Waals surface area contributed by atoms with Gasteiger partial charge in [0, 0.05) is 29.9 Å². The number of halogens is 1. The highest BCUT2D eigenvalue weighted by Crippen LogP contribution is 2.33. The van der Waals surface area contributed by atoms with Gasteiger partial charge in [-0.3, -0.25) is 0 Å². The number of aromatic nitrogens is 4. The fourth-order valence-corrected chi connectivity index (χ4v) is 2.71. The van der Waals surface area contributed by atoms with Crippen molar-refractivity contribution in [1.29, 1.82) is 0 Å². The van der Waals surface area contributed by atoms with Crippen LogP contribution in [0, 0.1) is 12.7 Å². The number of nitrogens with zero attached hydrogens (tertiary/aromatic N) is 5. The van der Waals surface area contributed by atoms with E-state index in [-0.39, 0.29) is 5.82 Å². The van der Waals surface area contributed by atoms with E-state index in [1.54, 1.807) is 10.6 Å². The summed E-state index contributed by atoms with van der Waals surface area (Å²) in [6.07, 6.45) is 3.73. The maximum atomic E-state index is 14.0. The van der Waals surface area contributed by atoms with Gasteiger partial charge >= 0.3 is 0 Å². The van der Waals surface area contributed by atoms with Crippen LogP contribution in [0.2, 0.25) is 0 Å². The van der Waals surface area contributed by atoms with Crippen molar-refractivity contribution in [2.24, 2.45) is 0 Å². The van der Waals surface area contributed by atoms with Crippen LogP contribution in [0.15, 0.2) is 36.7 Å². The largest absolute Gasteiger partial charge is 0.349 e. The summed E-state index contributed by atoms with van der Waals surface area (Å²) in [6.45, 7) is 2.46. The second-order valence-corrected chi connectivity index (χ2v) is 5.68. The minimum atomic E-state index is -0.172. The van der Waals surface area contributed by atoms with Crippen molar-refractivity contribution in [2.45, 2.75) is 32.4 Å². The quantitative estimate of drug-likeness (QED) is 0.743. The van der Waals surface area contributed by atoms with Gasteiger partial charge < -0.3 is 4.90 Å². The third-order valence-electron chi connectivity index (χ3n) is 3.94. The Morgan fingerprint density at radius 1 is 1.32 bits per heavy atom. The van der Waals surface area contributed by atoms with Gasteiger partial charge in [-0.1, -0.05) is 18.2 Å². The first-order valence-electron chi connectivity index (χ1n) is 7.40. The topological polar surface area (TPSA) is 46.3 Å². The van der Waals surface area contributed by atoms with Crippen molar-refractivity contribution in [3.05, 3.63) is 53.7 Å². The van der Waals surface area contributed by atoms with Crippen molar-refractivity contribution in [3.8, 4) is 0 Å². The number of hydrogen-bond donors (Lipinski definition) is 0. The lowest BCUT2D eigenvalue weighted by Crippen LogP contribution is -2.28. The lowest BCUT2D eigenvalue weighted by Gasteiger charge is -2.25. The normalized spacial score (nSPS) is 14.5. The average Bonchev–Trinajstić information content (AvgIpc) is 3.23. The van der Waals surface area contributed by atoms with Crippen LogP contribution >= 0.6 is 0 Å². The van der Waals surface area contributed by atoms with E-state index in [2.05, 4.69) is 20.0 Å². The van der Waals surface area contributed by atoms with Crippen LogP contribution < -0.4 is 4.90 Å². The summed E-state index contributed by atoms with van der Waals surface area (Å²) in [4.78, 5) is 10.7. The third kappa shape index (κ3) is 2.30. The third-order valence-corrected chi connectivity index (χ3v) is 3.94. The van der Waals surface area contributed by atoms with Gasteiger partial charge in [0.05, 0.1) is 0 Å². The molecule has 0 unspecified atom stereocenters. The van der Waals surface area contributed by atoms with Crippen LogP contribution in [0.4, 0.5) is 10.2 Å². The zero-order chi connectivity index (χ0) is 15.1. The molecule has 1 aliphatic rings. The first-order chi connectivity index (χ1) is 10.7. The number of anilines is 1. The molecule has 0 amide bonds. The van der Waals surface area contributed by atoms with E-state index < -0.39 is 0 Å². The molecule has 6 heteroatoms. The second kappa shape index (κ2) is 5.05. The summed E-state index contributed by atoms with van der Waals surface area (Å²) >= 11 is 0. The Kier molecular flexibility index (Phi) is 3.03. The molecule has 0 bridgehead atoms. The molecule has 0 spiro atoms. The van der Waals surface area contributed by atoms with E-state index in [0.29, 0.717) is 23.9 Å². The molecule has 1 fully saturated rings. The smallest absolute Gasteiger partial charge is 0.254 e. The molecule has 2 heterocycles. The van der Waals surface area contributed by atoms with Gasteiger partial charge in [0.15, 0.2) is 0 Å². The van der Waals surface area contributed by atoms with Gasteiger partial charge in [0.2, 0.25) is 0 Å². The van der Waals surface area contributed by atoms with Crippen LogP contribution in [0.1, 0.15) is 24.1 Å². The summed E-state index contributed by atoms with van der Waals surface area (Å²) < 4.78 is 15.7. The fourth-order valence-electron chi connectivity index (χ4n) is 2.71. The van der Waals surface area contributed by atoms with E-state index in [9.17, 15) is 4.39 Å². The Labute approximate surface area is 127 Å². The molecule has 4 rings (SSSR count). The Bertz CT molecular complexity index is 824. The van der Waals surface area contributed by atoms with Gasteiger partial charge in [-0.2, -0.15) is 14.6 Å². The molecule has 112 valence electrons. The molecule has 2 aromatic heterocycles. The molecule has 1 saturated carbocycles. The molecule has 0 N–H and O–H groups in total. The molecule has 0 aliphatic heterocycles. The first kappa shape index (κ1) is 13.2. The molecule has 1 aliphatic carbocycles. The predicted molar refractivity (Wildman–Crippen MR) is 81.1 cm³/mol. The van der Waals surface area contributed by atoms with E-state index in [1.165, 1.54) is 12.4 Å². The summed E-state index contributed by atoms with van der Waals surface area (Å²) in [7, 11) is 0. The molecule has 22 heavy (non-hydrogen) atoms. The van der Waals surface area contributed by atoms with Crippen molar-refractivity contribution in [1.82, 2.24) is 19.6 Å². The highest BCUT2D eigenvalue weighted by Gasteiger charge is 2.31. The molecular formula is C16H16FN5. The lowest BCUT2D eigenvalue weighted by molar-refractivity contribution is 0.601. The van der Waals surface area contributed by atoms with Gasteiger partial charge in [0.1, 0.15) is 18.0 Å². The van der Waals surface area contributed by atoms with Gasteiger partial charge in [-0.15, -0.1) is 0 Å². The monoisotopic (exact) mass is 297 g/mol. The van der Waals surface area contributed by atoms with E-state index in [1.807, 2.05) is 25.1 Å². The van der Waals surface area contributed by atoms with Crippen LogP contribution in [-0.4, -0.2) is 25.6 Å². The SMILES string of the molecule is Cc1cc(N(Cc2ccccc2F)C2CC2)n2ncnc2n1. The molecule has 0 atom stereocenters. The Morgan fingerprint density at radius 3 is 2.91 bits per heavy atom. The van der Waals surface area contributed by atoms with Crippen molar-refractivity contribution in [2.75, 3.05) is 4.90 Å². The highest BCUT2D eigenvalue weighted by atomic mass is 19.1. The molecule has 5 nitrogen and oxygen atoms in total. The maximum absolute atomic E-state index is 14.0. The van der Waals surface area contributed by atoms with Crippen LogP contribution in [0.5, 0.6) is 0 Å². The Balaban J connectivity index is 1.78. The number of aryl methyl sites for hydroxylation is 1. The minimum Gasteiger partial charge on any atom is -0.349 e. The predicted octanol–water partition coefficient (Wildman–Crippen LogP) is 2.74. The summed E-state index contributed by atoms with van der Waals surface area (Å²) in [6, 6.07) is 9.33. The van der Waals surface area contributed by atoms with Crippen LogP contribution in [-0.2, 0) is 6.54 Å². The van der Waals surface area contributed by atoms with Crippen molar-refractivity contribution >= 4 is 11.6 Å². The maximum Gasteiger partial charge on any atom is 0.254 e. The molecule has 1 aromatic carbocycles. The molecule has 0 saturated heterocycles. The molecule has 3 aromatic rings. The van der Waals surface area contributed by atoms with Crippen LogP contribution in [0.25, 0.3) is 5.78 Å². The summed E-state index contributed by atoms with van der Waals surface area (Å²) in [5.74, 6) is 1.33. The number of benzene rings is 1. The Morgan fingerprint density at radius 2 is 2.14 bits per heavy atom.